The molecule has 0 aliphatic heterocycles. The molecule has 0 radical (unpaired) electrons. The van der Waals surface area contributed by atoms with Gasteiger partial charge in [0, 0.05) is 6.42 Å². The lowest BCUT2D eigenvalue weighted by molar-refractivity contribution is -0.144. The monoisotopic (exact) mass is 243 g/mol. The minimum absolute atomic E-state index is 0.101. The highest BCUT2D eigenvalue weighted by Crippen LogP contribution is 2.02. The Morgan fingerprint density at radius 3 is 2.41 bits per heavy atom. The molecule has 0 amide bonds. The summed E-state index contributed by atoms with van der Waals surface area (Å²) in [4.78, 5) is 24.6. The molecule has 0 spiro atoms. The molecule has 100 valence electrons. The summed E-state index contributed by atoms with van der Waals surface area (Å²) in [5.74, 6) is 0.460. The lowest BCUT2D eigenvalue weighted by atomic mass is 10.1. The number of rotatable bonds is 9. The van der Waals surface area contributed by atoms with E-state index in [4.69, 9.17) is 4.74 Å². The van der Waals surface area contributed by atoms with E-state index in [1.807, 2.05) is 11.9 Å². The highest BCUT2D eigenvalue weighted by molar-refractivity contribution is 5.84. The van der Waals surface area contributed by atoms with E-state index >= 15 is 0 Å². The molecule has 0 aromatic heterocycles. The zero-order chi connectivity index (χ0) is 13.3. The number of likely N-dealkylation sites (N-methyl/N-ethyl adjacent to an activating group) is 1. The highest BCUT2D eigenvalue weighted by Gasteiger charge is 2.10. The van der Waals surface area contributed by atoms with Gasteiger partial charge in [-0.3, -0.25) is 14.5 Å². The largest absolute Gasteiger partial charge is 0.466 e. The number of Topliss-reactive ketones (excluding diaryl/α,β-unsaturated/α-hetero) is 1. The van der Waals surface area contributed by atoms with E-state index in [-0.39, 0.29) is 24.6 Å². The van der Waals surface area contributed by atoms with Gasteiger partial charge >= 0.3 is 5.97 Å². The van der Waals surface area contributed by atoms with Crippen molar-refractivity contribution in [3.05, 3.63) is 0 Å². The van der Waals surface area contributed by atoms with Gasteiger partial charge in [-0.25, -0.2) is 0 Å². The van der Waals surface area contributed by atoms with E-state index in [2.05, 4.69) is 13.8 Å². The van der Waals surface area contributed by atoms with Crippen LogP contribution in [0.15, 0.2) is 0 Å². The van der Waals surface area contributed by atoms with Crippen LogP contribution in [0, 0.1) is 5.92 Å². The number of carbonyl (C=O) groups is 2. The zero-order valence-corrected chi connectivity index (χ0v) is 11.5. The van der Waals surface area contributed by atoms with Crippen LogP contribution in [0.2, 0.25) is 0 Å². The molecule has 0 N–H and O–H groups in total. The predicted molar refractivity (Wildman–Crippen MR) is 67.8 cm³/mol. The summed E-state index contributed by atoms with van der Waals surface area (Å²) >= 11 is 0. The molecule has 4 heteroatoms. The minimum atomic E-state index is -0.286. The van der Waals surface area contributed by atoms with Gasteiger partial charge in [-0.05, 0) is 32.9 Å². The summed E-state index contributed by atoms with van der Waals surface area (Å²) in [6, 6.07) is 0. The summed E-state index contributed by atoms with van der Waals surface area (Å²) in [6.45, 7) is 7.81. The average Bonchev–Trinajstić information content (AvgIpc) is 2.24. The molecule has 17 heavy (non-hydrogen) atoms. The maximum Gasteiger partial charge on any atom is 0.306 e. The molecule has 0 aromatic carbocycles. The van der Waals surface area contributed by atoms with Crippen molar-refractivity contribution < 1.29 is 14.3 Å². The third-order valence-electron chi connectivity index (χ3n) is 2.45. The number of hydrogen-bond acceptors (Lipinski definition) is 4. The Labute approximate surface area is 104 Å². The van der Waals surface area contributed by atoms with Crippen LogP contribution in [0.1, 0.15) is 40.0 Å². The first-order valence-corrected chi connectivity index (χ1v) is 6.31. The fraction of sp³-hybridized carbons (Fsp3) is 0.846. The molecule has 4 nitrogen and oxygen atoms in total. The lowest BCUT2D eigenvalue weighted by Crippen LogP contribution is -2.28. The van der Waals surface area contributed by atoms with E-state index < -0.39 is 0 Å². The Kier molecular flexibility index (Phi) is 8.68. The van der Waals surface area contributed by atoms with Gasteiger partial charge in [0.1, 0.15) is 5.78 Å². The van der Waals surface area contributed by atoms with Crippen LogP contribution < -0.4 is 0 Å². The van der Waals surface area contributed by atoms with Crippen LogP contribution in [0.5, 0.6) is 0 Å². The van der Waals surface area contributed by atoms with Crippen molar-refractivity contribution in [3.8, 4) is 0 Å². The summed E-state index contributed by atoms with van der Waals surface area (Å²) in [6.07, 6.45) is 1.57. The molecule has 0 saturated carbocycles. The molecule has 0 aromatic rings. The number of esters is 1. The van der Waals surface area contributed by atoms with Crippen molar-refractivity contribution in [1.29, 1.82) is 0 Å². The molecule has 0 fully saturated rings. The Morgan fingerprint density at radius 1 is 1.24 bits per heavy atom. The molecular weight excluding hydrogens is 218 g/mol. The van der Waals surface area contributed by atoms with Crippen molar-refractivity contribution in [3.63, 3.8) is 0 Å². The summed E-state index contributed by atoms with van der Waals surface area (Å²) in [5, 5.41) is 0. The Balaban J connectivity index is 3.67. The standard InChI is InChI=1S/C13H25NO3/c1-5-17-13(16)7-6-12(15)10-14(4)9-8-11(2)3/h11H,5-10H2,1-4H3. The first-order chi connectivity index (χ1) is 7.95. The van der Waals surface area contributed by atoms with Crippen molar-refractivity contribution in [1.82, 2.24) is 4.90 Å². The van der Waals surface area contributed by atoms with Gasteiger partial charge in [-0.2, -0.15) is 0 Å². The second-order valence-electron chi connectivity index (χ2n) is 4.76. The predicted octanol–water partition coefficient (Wildman–Crippen LogP) is 1.88. The fourth-order valence-electron chi connectivity index (χ4n) is 1.41. The number of ketones is 1. The maximum atomic E-state index is 11.6. The van der Waals surface area contributed by atoms with Gasteiger partial charge < -0.3 is 4.74 Å². The van der Waals surface area contributed by atoms with Gasteiger partial charge in [-0.1, -0.05) is 13.8 Å². The third-order valence-corrected chi connectivity index (χ3v) is 2.45. The second kappa shape index (κ2) is 9.16. The Hall–Kier alpha value is -0.900. The first-order valence-electron chi connectivity index (χ1n) is 6.31. The molecule has 0 aliphatic rings. The van der Waals surface area contributed by atoms with E-state index in [1.54, 1.807) is 6.92 Å². The quantitative estimate of drug-likeness (QED) is 0.580. The van der Waals surface area contributed by atoms with Crippen LogP contribution in [0.4, 0.5) is 0 Å². The summed E-state index contributed by atoms with van der Waals surface area (Å²) in [5.41, 5.74) is 0. The molecule has 0 heterocycles. The van der Waals surface area contributed by atoms with Crippen molar-refractivity contribution in [2.24, 2.45) is 5.92 Å². The normalized spacial score (nSPS) is 10.9. The Bertz CT molecular complexity index is 239. The van der Waals surface area contributed by atoms with Crippen LogP contribution in [0.3, 0.4) is 0 Å². The lowest BCUT2D eigenvalue weighted by Gasteiger charge is -2.16. The smallest absolute Gasteiger partial charge is 0.306 e. The van der Waals surface area contributed by atoms with Crippen LogP contribution in [0.25, 0.3) is 0 Å². The molecule has 0 saturated heterocycles. The fourth-order valence-corrected chi connectivity index (χ4v) is 1.41. The van der Waals surface area contributed by atoms with Gasteiger partial charge in [0.2, 0.25) is 0 Å². The first kappa shape index (κ1) is 16.1. The van der Waals surface area contributed by atoms with Crippen molar-refractivity contribution in [2.75, 3.05) is 26.7 Å². The molecule has 0 unspecified atom stereocenters. The summed E-state index contributed by atoms with van der Waals surface area (Å²) in [7, 11) is 1.94. The number of nitrogens with zero attached hydrogens (tertiary/aromatic N) is 1. The van der Waals surface area contributed by atoms with Crippen LogP contribution in [-0.4, -0.2) is 43.4 Å². The van der Waals surface area contributed by atoms with E-state index in [0.29, 0.717) is 19.1 Å². The van der Waals surface area contributed by atoms with Crippen molar-refractivity contribution in [2.45, 2.75) is 40.0 Å². The van der Waals surface area contributed by atoms with Gasteiger partial charge in [0.15, 0.2) is 0 Å². The minimum Gasteiger partial charge on any atom is -0.466 e. The van der Waals surface area contributed by atoms with Crippen LogP contribution in [-0.2, 0) is 14.3 Å². The average molecular weight is 243 g/mol. The SMILES string of the molecule is CCOC(=O)CCC(=O)CN(C)CCC(C)C. The van der Waals surface area contributed by atoms with Crippen LogP contribution >= 0.6 is 0 Å². The molecule has 0 bridgehead atoms. The van der Waals surface area contributed by atoms with Gasteiger partial charge in [0.05, 0.1) is 19.6 Å². The molecule has 0 rings (SSSR count). The third kappa shape index (κ3) is 10.00. The zero-order valence-electron chi connectivity index (χ0n) is 11.5. The topological polar surface area (TPSA) is 46.6 Å². The number of carbonyl (C=O) groups excluding carboxylic acids is 2. The maximum absolute atomic E-state index is 11.6. The van der Waals surface area contributed by atoms with E-state index in [0.717, 1.165) is 13.0 Å². The van der Waals surface area contributed by atoms with Crippen molar-refractivity contribution >= 4 is 11.8 Å². The number of ether oxygens (including phenoxy) is 1. The van der Waals surface area contributed by atoms with Gasteiger partial charge in [-0.15, -0.1) is 0 Å². The number of hydrogen-bond donors (Lipinski definition) is 0. The summed E-state index contributed by atoms with van der Waals surface area (Å²) < 4.78 is 4.77. The van der Waals surface area contributed by atoms with E-state index in [9.17, 15) is 9.59 Å². The van der Waals surface area contributed by atoms with E-state index in [1.165, 1.54) is 0 Å². The highest BCUT2D eigenvalue weighted by atomic mass is 16.5. The Morgan fingerprint density at radius 2 is 1.88 bits per heavy atom. The molecular formula is C13H25NO3. The molecule has 0 aliphatic carbocycles. The van der Waals surface area contributed by atoms with Gasteiger partial charge in [0.25, 0.3) is 0 Å². The molecule has 0 atom stereocenters. The second-order valence-corrected chi connectivity index (χ2v) is 4.76.